The van der Waals surface area contributed by atoms with Crippen LogP contribution >= 0.6 is 0 Å². The van der Waals surface area contributed by atoms with Crippen LogP contribution in [0.3, 0.4) is 0 Å². The van der Waals surface area contributed by atoms with E-state index in [-0.39, 0.29) is 18.1 Å². The summed E-state index contributed by atoms with van der Waals surface area (Å²) in [7, 11) is 0. The van der Waals surface area contributed by atoms with Crippen molar-refractivity contribution in [1.82, 2.24) is 10.6 Å². The number of hydrogen-bond acceptors (Lipinski definition) is 3. The molecule has 0 bridgehead atoms. The summed E-state index contributed by atoms with van der Waals surface area (Å²) in [4.78, 5) is 12.2. The molecule has 1 aliphatic heterocycles. The van der Waals surface area contributed by atoms with E-state index in [1.807, 2.05) is 6.92 Å². The molecule has 2 rings (SSSR count). The van der Waals surface area contributed by atoms with Crippen molar-refractivity contribution in [2.75, 3.05) is 13.2 Å². The second kappa shape index (κ2) is 6.53. The van der Waals surface area contributed by atoms with E-state index in [0.29, 0.717) is 12.6 Å². The van der Waals surface area contributed by atoms with Gasteiger partial charge in [0.05, 0.1) is 12.7 Å². The summed E-state index contributed by atoms with van der Waals surface area (Å²) in [5, 5.41) is 6.45. The molecule has 2 N–H and O–H groups in total. The molecular formula is C14H26N2O2. The van der Waals surface area contributed by atoms with Crippen LogP contribution in [0, 0.1) is 5.92 Å². The predicted molar refractivity (Wildman–Crippen MR) is 71.4 cm³/mol. The largest absolute Gasteiger partial charge is 0.375 e. The molecule has 2 aliphatic rings. The van der Waals surface area contributed by atoms with E-state index in [2.05, 4.69) is 17.6 Å². The Hall–Kier alpha value is -0.610. The van der Waals surface area contributed by atoms with Crippen LogP contribution in [0.5, 0.6) is 0 Å². The van der Waals surface area contributed by atoms with Crippen molar-refractivity contribution >= 4 is 5.91 Å². The number of rotatable bonds is 3. The first-order chi connectivity index (χ1) is 8.70. The molecule has 2 fully saturated rings. The first-order valence-electron chi connectivity index (χ1n) is 7.36. The lowest BCUT2D eigenvalue weighted by Gasteiger charge is -2.33. The van der Waals surface area contributed by atoms with Crippen LogP contribution in [0.2, 0.25) is 0 Å². The zero-order chi connectivity index (χ0) is 13.0. The van der Waals surface area contributed by atoms with Gasteiger partial charge < -0.3 is 15.4 Å². The van der Waals surface area contributed by atoms with Crippen molar-refractivity contribution in [3.8, 4) is 0 Å². The van der Waals surface area contributed by atoms with Gasteiger partial charge in [0.15, 0.2) is 0 Å². The van der Waals surface area contributed by atoms with Crippen molar-refractivity contribution in [1.29, 1.82) is 0 Å². The molecule has 1 heterocycles. The minimum Gasteiger partial charge on any atom is -0.375 e. The van der Waals surface area contributed by atoms with Gasteiger partial charge in [-0.1, -0.05) is 26.2 Å². The lowest BCUT2D eigenvalue weighted by Crippen LogP contribution is -2.57. The van der Waals surface area contributed by atoms with Crippen molar-refractivity contribution in [2.45, 2.75) is 64.1 Å². The first kappa shape index (κ1) is 13.8. The molecule has 0 spiro atoms. The van der Waals surface area contributed by atoms with Gasteiger partial charge in [-0.05, 0) is 25.7 Å². The average Bonchev–Trinajstić information content (AvgIpc) is 2.39. The van der Waals surface area contributed by atoms with E-state index >= 15 is 0 Å². The second-order valence-corrected chi connectivity index (χ2v) is 5.65. The molecule has 4 atom stereocenters. The third-order valence-electron chi connectivity index (χ3n) is 4.31. The van der Waals surface area contributed by atoms with Gasteiger partial charge in [-0.25, -0.2) is 0 Å². The number of nitrogens with one attached hydrogen (secondary N) is 2. The summed E-state index contributed by atoms with van der Waals surface area (Å²) in [6.45, 7) is 5.68. The molecule has 1 amide bonds. The van der Waals surface area contributed by atoms with Crippen LogP contribution in [0.4, 0.5) is 0 Å². The van der Waals surface area contributed by atoms with Crippen LogP contribution in [0.25, 0.3) is 0 Å². The molecule has 4 heteroatoms. The third-order valence-corrected chi connectivity index (χ3v) is 4.31. The van der Waals surface area contributed by atoms with Crippen LogP contribution in [0.15, 0.2) is 0 Å². The number of amides is 1. The number of carbonyl (C=O) groups is 1. The summed E-state index contributed by atoms with van der Waals surface area (Å²) in [6.07, 6.45) is 6.05. The molecule has 1 aliphatic carbocycles. The fraction of sp³-hybridized carbons (Fsp3) is 0.929. The van der Waals surface area contributed by atoms with Crippen LogP contribution in [-0.4, -0.2) is 37.2 Å². The summed E-state index contributed by atoms with van der Waals surface area (Å²) >= 11 is 0. The predicted octanol–water partition coefficient (Wildman–Crippen LogP) is 1.45. The Bertz CT molecular complexity index is 283. The Balaban J connectivity index is 1.82. The minimum atomic E-state index is -0.180. The van der Waals surface area contributed by atoms with E-state index in [9.17, 15) is 4.79 Å². The lowest BCUT2D eigenvalue weighted by molar-refractivity contribution is -0.130. The summed E-state index contributed by atoms with van der Waals surface area (Å²) in [5.41, 5.74) is 0. The Morgan fingerprint density at radius 2 is 2.28 bits per heavy atom. The lowest BCUT2D eigenvalue weighted by atomic mass is 9.84. The van der Waals surface area contributed by atoms with Gasteiger partial charge >= 0.3 is 0 Å². The maximum Gasteiger partial charge on any atom is 0.240 e. The molecule has 0 aromatic heterocycles. The van der Waals surface area contributed by atoms with Crippen molar-refractivity contribution in [2.24, 2.45) is 5.92 Å². The Labute approximate surface area is 110 Å². The quantitative estimate of drug-likeness (QED) is 0.801. The van der Waals surface area contributed by atoms with Crippen LogP contribution in [-0.2, 0) is 9.53 Å². The molecule has 0 aromatic rings. The van der Waals surface area contributed by atoms with Crippen molar-refractivity contribution in [3.05, 3.63) is 0 Å². The molecule has 2 unspecified atom stereocenters. The first-order valence-corrected chi connectivity index (χ1v) is 7.36. The maximum atomic E-state index is 12.2. The number of morpholine rings is 1. The van der Waals surface area contributed by atoms with E-state index in [1.165, 1.54) is 19.3 Å². The average molecular weight is 254 g/mol. The fourth-order valence-electron chi connectivity index (χ4n) is 3.11. The van der Waals surface area contributed by atoms with E-state index in [1.54, 1.807) is 0 Å². The summed E-state index contributed by atoms with van der Waals surface area (Å²) in [6, 6.07) is 0.188. The van der Waals surface area contributed by atoms with E-state index in [4.69, 9.17) is 4.74 Å². The van der Waals surface area contributed by atoms with Gasteiger partial charge in [-0.2, -0.15) is 0 Å². The number of hydrogen-bond donors (Lipinski definition) is 2. The normalized spacial score (nSPS) is 37.2. The molecule has 104 valence electrons. The second-order valence-electron chi connectivity index (χ2n) is 5.65. The fourth-order valence-corrected chi connectivity index (χ4v) is 3.11. The van der Waals surface area contributed by atoms with Crippen molar-refractivity contribution < 1.29 is 9.53 Å². The molecule has 0 aromatic carbocycles. The van der Waals surface area contributed by atoms with Gasteiger partial charge in [0, 0.05) is 12.6 Å². The minimum absolute atomic E-state index is 0.0238. The van der Waals surface area contributed by atoms with Crippen LogP contribution < -0.4 is 10.6 Å². The smallest absolute Gasteiger partial charge is 0.240 e. The van der Waals surface area contributed by atoms with E-state index in [0.717, 1.165) is 25.3 Å². The topological polar surface area (TPSA) is 50.4 Å². The monoisotopic (exact) mass is 254 g/mol. The number of ether oxygens (including phenoxy) is 1. The highest BCUT2D eigenvalue weighted by molar-refractivity contribution is 5.82. The zero-order valence-corrected chi connectivity index (χ0v) is 11.6. The Morgan fingerprint density at radius 1 is 1.44 bits per heavy atom. The molecule has 1 saturated heterocycles. The molecule has 18 heavy (non-hydrogen) atoms. The zero-order valence-electron chi connectivity index (χ0n) is 11.6. The molecule has 1 saturated carbocycles. The van der Waals surface area contributed by atoms with Gasteiger partial charge in [0.2, 0.25) is 5.91 Å². The van der Waals surface area contributed by atoms with Gasteiger partial charge in [-0.15, -0.1) is 0 Å². The number of carbonyl (C=O) groups excluding carboxylic acids is 1. The van der Waals surface area contributed by atoms with Gasteiger partial charge in [0.25, 0.3) is 0 Å². The van der Waals surface area contributed by atoms with E-state index < -0.39 is 0 Å². The van der Waals surface area contributed by atoms with Gasteiger partial charge in [0.1, 0.15) is 6.04 Å². The Kier molecular flexibility index (Phi) is 5.01. The molecular weight excluding hydrogens is 228 g/mol. The van der Waals surface area contributed by atoms with Gasteiger partial charge in [-0.3, -0.25) is 4.79 Å². The standard InChI is InChI=1S/C14H26N2O2/c1-3-11-5-4-6-12(9-11)16-14(17)13-10(2)18-8-7-15-13/h10-13,15H,3-9H2,1-2H3,(H,16,17)/t10-,11?,12?,13+/m1/s1. The summed E-state index contributed by atoms with van der Waals surface area (Å²) < 4.78 is 5.52. The van der Waals surface area contributed by atoms with Crippen LogP contribution in [0.1, 0.15) is 46.0 Å². The van der Waals surface area contributed by atoms with Crippen molar-refractivity contribution in [3.63, 3.8) is 0 Å². The summed E-state index contributed by atoms with van der Waals surface area (Å²) in [5.74, 6) is 0.904. The molecule has 0 radical (unpaired) electrons. The highest BCUT2D eigenvalue weighted by Crippen LogP contribution is 2.26. The highest BCUT2D eigenvalue weighted by atomic mass is 16.5. The SMILES string of the molecule is CCC1CCCC(NC(=O)[C@H]2NCCO[C@@H]2C)C1. The third kappa shape index (κ3) is 3.45. The molecule has 4 nitrogen and oxygen atoms in total. The highest BCUT2D eigenvalue weighted by Gasteiger charge is 2.30. The maximum absolute atomic E-state index is 12.2. The Morgan fingerprint density at radius 3 is 3.00 bits per heavy atom.